The molecule has 0 bridgehead atoms. The Labute approximate surface area is 162 Å². The van der Waals surface area contributed by atoms with Crippen LogP contribution >= 0.6 is 0 Å². The summed E-state index contributed by atoms with van der Waals surface area (Å²) >= 11 is 0. The number of rotatable bonds is 6. The molecule has 2 saturated heterocycles. The van der Waals surface area contributed by atoms with Crippen molar-refractivity contribution in [1.82, 2.24) is 19.1 Å². The van der Waals surface area contributed by atoms with Crippen molar-refractivity contribution in [2.45, 2.75) is 12.6 Å². The predicted octanol–water partition coefficient (Wildman–Crippen LogP) is -0.482. The first-order valence-corrected chi connectivity index (χ1v) is 11.0. The van der Waals surface area contributed by atoms with E-state index in [0.29, 0.717) is 13.1 Å². The van der Waals surface area contributed by atoms with Gasteiger partial charge in [0.25, 0.3) is 0 Å². The number of aliphatic hydroxyl groups is 1. The number of nitrogens with zero attached hydrogens (tertiary/aromatic N) is 5. The first-order chi connectivity index (χ1) is 12.7. The van der Waals surface area contributed by atoms with Gasteiger partial charge in [-0.3, -0.25) is 4.90 Å². The molecule has 3 heterocycles. The maximum atomic E-state index is 12.1. The van der Waals surface area contributed by atoms with Crippen molar-refractivity contribution in [3.63, 3.8) is 0 Å². The first-order valence-electron chi connectivity index (χ1n) is 9.43. The summed E-state index contributed by atoms with van der Waals surface area (Å²) < 4.78 is 25.4. The minimum atomic E-state index is -3.33. The maximum Gasteiger partial charge on any atom is 0.214 e. The molecule has 0 aromatic carbocycles. The third-order valence-electron chi connectivity index (χ3n) is 5.52. The Morgan fingerprint density at radius 3 is 2.48 bits per heavy atom. The molecule has 9 heteroatoms. The van der Waals surface area contributed by atoms with Crippen molar-refractivity contribution in [3.8, 4) is 0 Å². The van der Waals surface area contributed by atoms with Gasteiger partial charge in [-0.05, 0) is 18.7 Å². The zero-order valence-electron chi connectivity index (χ0n) is 16.5. The summed E-state index contributed by atoms with van der Waals surface area (Å²) in [6.07, 6.45) is 1.23. The van der Waals surface area contributed by atoms with E-state index < -0.39 is 16.1 Å². The van der Waals surface area contributed by atoms with E-state index in [0.717, 1.165) is 38.5 Å². The largest absolute Gasteiger partial charge is 0.391 e. The van der Waals surface area contributed by atoms with E-state index in [1.54, 1.807) is 0 Å². The van der Waals surface area contributed by atoms with Crippen molar-refractivity contribution < 1.29 is 13.5 Å². The molecule has 0 unspecified atom stereocenters. The van der Waals surface area contributed by atoms with Crippen LogP contribution in [0.25, 0.3) is 0 Å². The summed E-state index contributed by atoms with van der Waals surface area (Å²) in [6, 6.07) is 4.05. The number of pyridine rings is 1. The summed E-state index contributed by atoms with van der Waals surface area (Å²) in [5, 5.41) is 10.3. The Balaban J connectivity index is 1.57. The van der Waals surface area contributed by atoms with Crippen LogP contribution in [0.5, 0.6) is 0 Å². The molecule has 1 aromatic heterocycles. The van der Waals surface area contributed by atoms with E-state index in [9.17, 15) is 13.5 Å². The molecule has 0 saturated carbocycles. The second-order valence-electron chi connectivity index (χ2n) is 7.90. The lowest BCUT2D eigenvalue weighted by Crippen LogP contribution is -2.43. The van der Waals surface area contributed by atoms with Gasteiger partial charge in [-0.15, -0.1) is 0 Å². The van der Waals surface area contributed by atoms with Crippen molar-refractivity contribution in [1.29, 1.82) is 0 Å². The number of β-amino-alcohol motifs (C(OH)–C–C–N with tert-alkyl or cyclic N) is 1. The van der Waals surface area contributed by atoms with Gasteiger partial charge < -0.3 is 14.9 Å². The van der Waals surface area contributed by atoms with Crippen LogP contribution < -0.4 is 4.90 Å². The summed E-state index contributed by atoms with van der Waals surface area (Å²) in [6.45, 7) is 6.13. The minimum absolute atomic E-state index is 0.0425. The third kappa shape index (κ3) is 5.17. The Bertz CT molecular complexity index is 717. The average molecular weight is 398 g/mol. The van der Waals surface area contributed by atoms with Crippen molar-refractivity contribution in [3.05, 3.63) is 23.9 Å². The number of sulfonamides is 1. The zero-order chi connectivity index (χ0) is 19.6. The Morgan fingerprint density at radius 1 is 1.19 bits per heavy atom. The van der Waals surface area contributed by atoms with Gasteiger partial charge in [0.1, 0.15) is 5.82 Å². The fourth-order valence-corrected chi connectivity index (χ4v) is 4.75. The van der Waals surface area contributed by atoms with E-state index in [1.807, 2.05) is 17.2 Å². The number of hydrogen-bond acceptors (Lipinski definition) is 7. The van der Waals surface area contributed by atoms with Crippen LogP contribution in [-0.4, -0.2) is 105 Å². The molecule has 1 N–H and O–H groups in total. The molecule has 1 aromatic rings. The van der Waals surface area contributed by atoms with Crippen LogP contribution in [0.4, 0.5) is 5.82 Å². The molecule has 27 heavy (non-hydrogen) atoms. The van der Waals surface area contributed by atoms with Gasteiger partial charge in [0.2, 0.25) is 10.0 Å². The smallest absolute Gasteiger partial charge is 0.214 e. The summed E-state index contributed by atoms with van der Waals surface area (Å²) in [7, 11) is 1.86. The maximum absolute atomic E-state index is 12.1. The number of aliphatic hydroxyl groups excluding tert-OH is 1. The monoisotopic (exact) mass is 397 g/mol. The van der Waals surface area contributed by atoms with Crippen LogP contribution in [0.1, 0.15) is 5.56 Å². The van der Waals surface area contributed by atoms with Gasteiger partial charge in [0.05, 0.1) is 11.9 Å². The molecule has 0 aliphatic carbocycles. The van der Waals surface area contributed by atoms with Crippen LogP contribution in [0, 0.1) is 5.92 Å². The lowest BCUT2D eigenvalue weighted by atomic mass is 10.1. The molecule has 3 rings (SSSR count). The topological polar surface area (TPSA) is 80.2 Å². The van der Waals surface area contributed by atoms with E-state index in [2.05, 4.69) is 27.9 Å². The van der Waals surface area contributed by atoms with Crippen LogP contribution in [0.3, 0.4) is 0 Å². The number of likely N-dealkylation sites (N-methyl/N-ethyl adjacent to an activating group) is 1. The minimum Gasteiger partial charge on any atom is -0.391 e. The molecule has 2 fully saturated rings. The molecule has 2 atom stereocenters. The highest BCUT2D eigenvalue weighted by molar-refractivity contribution is 7.89. The summed E-state index contributed by atoms with van der Waals surface area (Å²) in [4.78, 5) is 11.3. The molecule has 152 valence electrons. The second-order valence-corrected chi connectivity index (χ2v) is 10.1. The lowest BCUT2D eigenvalue weighted by Gasteiger charge is -2.32. The molecule has 2 aliphatic heterocycles. The first kappa shape index (κ1) is 20.5. The summed E-state index contributed by atoms with van der Waals surface area (Å²) in [5.41, 5.74) is 1.18. The number of anilines is 1. The van der Waals surface area contributed by atoms with Crippen LogP contribution in [0.15, 0.2) is 18.3 Å². The van der Waals surface area contributed by atoms with Crippen LogP contribution in [0.2, 0.25) is 0 Å². The van der Waals surface area contributed by atoms with Crippen molar-refractivity contribution in [2.24, 2.45) is 5.92 Å². The highest BCUT2D eigenvalue weighted by atomic mass is 32.2. The zero-order valence-corrected chi connectivity index (χ0v) is 17.3. The fraction of sp³-hybridized carbons (Fsp3) is 0.722. The highest BCUT2D eigenvalue weighted by Crippen LogP contribution is 2.24. The molecule has 8 nitrogen and oxygen atoms in total. The van der Waals surface area contributed by atoms with E-state index in [4.69, 9.17) is 0 Å². The van der Waals surface area contributed by atoms with Gasteiger partial charge in [-0.25, -0.2) is 17.7 Å². The van der Waals surface area contributed by atoms with Gasteiger partial charge >= 0.3 is 0 Å². The van der Waals surface area contributed by atoms with Crippen molar-refractivity contribution >= 4 is 15.8 Å². The fourth-order valence-electron chi connectivity index (χ4n) is 3.59. The van der Waals surface area contributed by atoms with Gasteiger partial charge in [0, 0.05) is 72.0 Å². The molecule has 0 radical (unpaired) electrons. The predicted molar refractivity (Wildman–Crippen MR) is 106 cm³/mol. The molecule has 0 spiro atoms. The third-order valence-corrected chi connectivity index (χ3v) is 7.48. The Kier molecular flexibility index (Phi) is 6.37. The normalized spacial score (nSPS) is 25.4. The highest BCUT2D eigenvalue weighted by Gasteiger charge is 2.35. The van der Waals surface area contributed by atoms with E-state index in [-0.39, 0.29) is 11.7 Å². The summed E-state index contributed by atoms with van der Waals surface area (Å²) in [5.74, 6) is 0.448. The standard InChI is InChI=1S/C18H31N5O3S/c1-20(2)27(25,26)14-16-12-23(13-17(16)24)18-5-4-15(10-19-18)11-22-8-6-21(3)7-9-22/h4-5,10,16-17,24H,6-9,11-14H2,1-3H3/t16-,17-/m0/s1. The Hall–Kier alpha value is -1.26. The average Bonchev–Trinajstić information content (AvgIpc) is 2.97. The second kappa shape index (κ2) is 8.40. The van der Waals surface area contributed by atoms with Gasteiger partial charge in [-0.2, -0.15) is 0 Å². The molecular formula is C18H31N5O3S. The van der Waals surface area contributed by atoms with Gasteiger partial charge in [0.15, 0.2) is 0 Å². The molecular weight excluding hydrogens is 366 g/mol. The lowest BCUT2D eigenvalue weighted by molar-refractivity contribution is 0.148. The Morgan fingerprint density at radius 2 is 1.89 bits per heavy atom. The van der Waals surface area contributed by atoms with Gasteiger partial charge in [-0.1, -0.05) is 6.07 Å². The number of aromatic nitrogens is 1. The van der Waals surface area contributed by atoms with Crippen LogP contribution in [-0.2, 0) is 16.6 Å². The molecule has 0 amide bonds. The SMILES string of the molecule is CN1CCN(Cc2ccc(N3C[C@@H](CS(=O)(=O)N(C)C)[C@@H](O)C3)nc2)CC1. The van der Waals surface area contributed by atoms with E-state index in [1.165, 1.54) is 24.0 Å². The molecule has 2 aliphatic rings. The number of hydrogen-bond donors (Lipinski definition) is 1. The van der Waals surface area contributed by atoms with E-state index >= 15 is 0 Å². The quantitative estimate of drug-likeness (QED) is 0.694. The van der Waals surface area contributed by atoms with Crippen molar-refractivity contribution in [2.75, 3.05) is 71.1 Å². The number of piperazine rings is 1.